The van der Waals surface area contributed by atoms with E-state index in [1.807, 2.05) is 54.6 Å². The van der Waals surface area contributed by atoms with Crippen molar-refractivity contribution in [3.63, 3.8) is 0 Å². The van der Waals surface area contributed by atoms with Crippen LogP contribution in [0, 0.1) is 0 Å². The zero-order valence-electron chi connectivity index (χ0n) is 15.5. The number of methoxy groups -OCH3 is 1. The van der Waals surface area contributed by atoms with Crippen LogP contribution in [0.5, 0.6) is 0 Å². The average molecular weight is 403 g/mol. The summed E-state index contributed by atoms with van der Waals surface area (Å²) in [6.07, 6.45) is 0. The number of rotatable bonds is 1. The molecule has 0 radical (unpaired) electrons. The van der Waals surface area contributed by atoms with Gasteiger partial charge in [0.05, 0.1) is 18.4 Å². The van der Waals surface area contributed by atoms with Gasteiger partial charge in [-0.2, -0.15) is 0 Å². The topological polar surface area (TPSA) is 70.0 Å². The van der Waals surface area contributed by atoms with Crippen LogP contribution in [0.25, 0.3) is 10.8 Å². The first-order valence-electron chi connectivity index (χ1n) is 9.35. The molecule has 2 atom stereocenters. The molecule has 5 nitrogen and oxygen atoms in total. The lowest BCUT2D eigenvalue weighted by Crippen LogP contribution is -2.54. The van der Waals surface area contributed by atoms with E-state index in [-0.39, 0.29) is 5.57 Å². The third-order valence-corrected chi connectivity index (χ3v) is 7.35. The summed E-state index contributed by atoms with van der Waals surface area (Å²) in [5, 5.41) is 26.2. The molecule has 29 heavy (non-hydrogen) atoms. The van der Waals surface area contributed by atoms with Crippen LogP contribution in [0.2, 0.25) is 0 Å². The maximum atomic E-state index is 13.0. The van der Waals surface area contributed by atoms with Gasteiger partial charge < -0.3 is 19.8 Å². The highest BCUT2D eigenvalue weighted by Gasteiger charge is 2.71. The van der Waals surface area contributed by atoms with Gasteiger partial charge in [0.2, 0.25) is 5.72 Å². The number of nitrogens with zero attached hydrogens (tertiary/aromatic N) is 1. The number of ether oxygens (including phenoxy) is 1. The number of benzene rings is 3. The Kier molecular flexibility index (Phi) is 3.19. The Hall–Kier alpha value is -2.80. The molecule has 3 aromatic rings. The minimum Gasteiger partial charge on any atom is -0.466 e. The van der Waals surface area contributed by atoms with Gasteiger partial charge in [-0.3, -0.25) is 0 Å². The van der Waals surface area contributed by atoms with Crippen molar-refractivity contribution in [3.8, 4) is 0 Å². The average Bonchev–Trinajstić information content (AvgIpc) is 3.09. The van der Waals surface area contributed by atoms with E-state index in [9.17, 15) is 15.0 Å². The lowest BCUT2D eigenvalue weighted by atomic mass is 9.82. The SMILES string of the molecule is COC(=O)C1=C2CSc3ccccc3N2[C@@]2(O)c3cccc4cccc(c34)[C@@]12O. The minimum absolute atomic E-state index is 0.105. The molecule has 3 aromatic carbocycles. The van der Waals surface area contributed by atoms with E-state index >= 15 is 0 Å². The number of aliphatic hydroxyl groups is 2. The zero-order valence-corrected chi connectivity index (χ0v) is 16.4. The van der Waals surface area contributed by atoms with Crippen molar-refractivity contribution in [1.29, 1.82) is 0 Å². The number of carbonyl (C=O) groups is 1. The molecule has 0 spiro atoms. The van der Waals surface area contributed by atoms with E-state index in [0.717, 1.165) is 21.4 Å². The largest absolute Gasteiger partial charge is 0.466 e. The second kappa shape index (κ2) is 5.42. The number of carbonyl (C=O) groups excluding carboxylic acids is 1. The summed E-state index contributed by atoms with van der Waals surface area (Å²) in [5.74, 6) is -0.183. The van der Waals surface area contributed by atoms with Crippen molar-refractivity contribution in [2.24, 2.45) is 0 Å². The highest BCUT2D eigenvalue weighted by Crippen LogP contribution is 2.65. The highest BCUT2D eigenvalue weighted by molar-refractivity contribution is 7.99. The molecule has 0 saturated heterocycles. The van der Waals surface area contributed by atoms with E-state index in [1.165, 1.54) is 7.11 Å². The highest BCUT2D eigenvalue weighted by atomic mass is 32.2. The smallest absolute Gasteiger partial charge is 0.339 e. The van der Waals surface area contributed by atoms with Gasteiger partial charge in [-0.05, 0) is 22.9 Å². The predicted octanol–water partition coefficient (Wildman–Crippen LogP) is 3.24. The van der Waals surface area contributed by atoms with Crippen molar-refractivity contribution in [2.45, 2.75) is 16.2 Å². The summed E-state index contributed by atoms with van der Waals surface area (Å²) < 4.78 is 5.08. The molecule has 2 N–H and O–H groups in total. The Labute approximate surface area is 171 Å². The van der Waals surface area contributed by atoms with Gasteiger partial charge in [0.25, 0.3) is 0 Å². The van der Waals surface area contributed by atoms with Gasteiger partial charge in [0.15, 0.2) is 5.60 Å². The molecule has 144 valence electrons. The van der Waals surface area contributed by atoms with Crippen LogP contribution in [0.3, 0.4) is 0 Å². The lowest BCUT2D eigenvalue weighted by molar-refractivity contribution is -0.149. The number of hydrogen-bond donors (Lipinski definition) is 2. The quantitative estimate of drug-likeness (QED) is 0.608. The molecule has 6 rings (SSSR count). The lowest BCUT2D eigenvalue weighted by Gasteiger charge is -2.43. The van der Waals surface area contributed by atoms with Gasteiger partial charge in [-0.15, -0.1) is 11.8 Å². The van der Waals surface area contributed by atoms with Crippen LogP contribution in [0.15, 0.2) is 76.8 Å². The van der Waals surface area contributed by atoms with E-state index in [1.54, 1.807) is 22.7 Å². The van der Waals surface area contributed by atoms with Crippen LogP contribution in [-0.4, -0.2) is 29.0 Å². The second-order valence-electron chi connectivity index (χ2n) is 7.50. The molecule has 1 aliphatic carbocycles. The standard InChI is InChI=1S/C23H17NO4S/c1-28-21(25)20-17-12-29-18-11-3-2-10-16(18)24(17)23(27)15-9-5-7-13-6-4-8-14(19(13)15)22(20,23)26/h2-11,26-27H,12H2,1H3/t22-,23-/m1/s1. The zero-order chi connectivity index (χ0) is 20.0. The first-order chi connectivity index (χ1) is 14.0. The van der Waals surface area contributed by atoms with E-state index in [2.05, 4.69) is 0 Å². The third kappa shape index (κ3) is 1.74. The number of anilines is 1. The third-order valence-electron chi connectivity index (χ3n) is 6.28. The number of para-hydroxylation sites is 1. The van der Waals surface area contributed by atoms with Crippen LogP contribution in [0.4, 0.5) is 5.69 Å². The molecular weight excluding hydrogens is 386 g/mol. The molecule has 0 amide bonds. The predicted molar refractivity (Wildman–Crippen MR) is 110 cm³/mol. The second-order valence-corrected chi connectivity index (χ2v) is 8.51. The Morgan fingerprint density at radius 1 is 1.03 bits per heavy atom. The molecule has 0 fully saturated rings. The summed E-state index contributed by atoms with van der Waals surface area (Å²) in [7, 11) is 1.30. The van der Waals surface area contributed by atoms with Gasteiger partial charge in [-0.1, -0.05) is 48.5 Å². The molecule has 3 aliphatic rings. The summed E-state index contributed by atoms with van der Waals surface area (Å²) >= 11 is 1.58. The van der Waals surface area contributed by atoms with Gasteiger partial charge >= 0.3 is 5.97 Å². The van der Waals surface area contributed by atoms with E-state index in [0.29, 0.717) is 22.6 Å². The fourth-order valence-corrected chi connectivity index (χ4v) is 6.20. The summed E-state index contributed by atoms with van der Waals surface area (Å²) in [6.45, 7) is 0. The maximum Gasteiger partial charge on any atom is 0.339 e. The number of fused-ring (bicyclic) bond motifs is 7. The van der Waals surface area contributed by atoms with Crippen molar-refractivity contribution in [1.82, 2.24) is 0 Å². The fourth-order valence-electron chi connectivity index (χ4n) is 5.16. The molecular formula is C23H17NO4S. The molecule has 0 saturated carbocycles. The van der Waals surface area contributed by atoms with Crippen LogP contribution >= 0.6 is 11.8 Å². The van der Waals surface area contributed by atoms with E-state index in [4.69, 9.17) is 4.74 Å². The van der Waals surface area contributed by atoms with Crippen molar-refractivity contribution in [2.75, 3.05) is 17.8 Å². The van der Waals surface area contributed by atoms with Crippen LogP contribution < -0.4 is 4.90 Å². The van der Waals surface area contributed by atoms with Crippen molar-refractivity contribution >= 4 is 34.2 Å². The van der Waals surface area contributed by atoms with Crippen molar-refractivity contribution in [3.05, 3.63) is 83.1 Å². The molecule has 2 aliphatic heterocycles. The van der Waals surface area contributed by atoms with Crippen molar-refractivity contribution < 1.29 is 19.7 Å². The first-order valence-corrected chi connectivity index (χ1v) is 10.3. The molecule has 0 aromatic heterocycles. The van der Waals surface area contributed by atoms with Gasteiger partial charge in [-0.25, -0.2) is 4.79 Å². The first kappa shape index (κ1) is 17.1. The molecule has 0 bridgehead atoms. The Morgan fingerprint density at radius 2 is 1.76 bits per heavy atom. The van der Waals surface area contributed by atoms with E-state index < -0.39 is 17.3 Å². The Balaban J connectivity index is 1.78. The monoisotopic (exact) mass is 403 g/mol. The number of thioether (sulfide) groups is 1. The Morgan fingerprint density at radius 3 is 2.52 bits per heavy atom. The molecule has 0 unspecified atom stereocenters. The van der Waals surface area contributed by atoms with Crippen LogP contribution in [-0.2, 0) is 20.9 Å². The normalized spacial score (nSPS) is 26.4. The molecule has 6 heteroatoms. The molecule has 2 heterocycles. The van der Waals surface area contributed by atoms with Gasteiger partial charge in [0, 0.05) is 27.5 Å². The summed E-state index contributed by atoms with van der Waals surface area (Å²) in [4.78, 5) is 15.7. The maximum absolute atomic E-state index is 13.0. The minimum atomic E-state index is -1.93. The van der Waals surface area contributed by atoms with Gasteiger partial charge in [0.1, 0.15) is 0 Å². The number of esters is 1. The number of hydrogen-bond acceptors (Lipinski definition) is 6. The van der Waals surface area contributed by atoms with Crippen LogP contribution in [0.1, 0.15) is 11.1 Å². The fraction of sp³-hybridized carbons (Fsp3) is 0.174. The summed E-state index contributed by atoms with van der Waals surface area (Å²) in [5.41, 5.74) is -1.21. The Bertz CT molecular complexity index is 1260. The summed E-state index contributed by atoms with van der Waals surface area (Å²) in [6, 6.07) is 18.9.